The molecule has 0 radical (unpaired) electrons. The normalized spacial score (nSPS) is 17.5. The average Bonchev–Trinajstić information content (AvgIpc) is 3.08. The number of Topliss-reactive ketones (excluding diaryl/α,β-unsaturated/α-hetero) is 2. The number of allylic oxidation sites excluding steroid dienone is 4. The van der Waals surface area contributed by atoms with E-state index in [-0.39, 0.29) is 24.0 Å². The van der Waals surface area contributed by atoms with Gasteiger partial charge in [-0.05, 0) is 69.7 Å². The third kappa shape index (κ3) is 4.45. The van der Waals surface area contributed by atoms with E-state index in [1.165, 1.54) is 4.68 Å². The highest BCUT2D eigenvalue weighted by Gasteiger charge is 2.29. The largest absolute Gasteiger partial charge is 0.381 e. The summed E-state index contributed by atoms with van der Waals surface area (Å²) in [5.74, 6) is -0.455. The highest BCUT2D eigenvalue weighted by atomic mass is 19.1. The molecular weight excluding hydrogens is 433 g/mol. The molecule has 0 N–H and O–H groups in total. The number of ether oxygens (including phenoxy) is 1. The maximum absolute atomic E-state index is 15.0. The van der Waals surface area contributed by atoms with Crippen molar-refractivity contribution in [1.82, 2.24) is 9.78 Å². The van der Waals surface area contributed by atoms with Crippen LogP contribution < -0.4 is 4.90 Å². The lowest BCUT2D eigenvalue weighted by Crippen LogP contribution is -2.40. The maximum atomic E-state index is 15.0. The van der Waals surface area contributed by atoms with E-state index in [9.17, 15) is 9.59 Å². The lowest BCUT2D eigenvalue weighted by atomic mass is 9.88. The van der Waals surface area contributed by atoms with Crippen LogP contribution in [0.1, 0.15) is 68.8 Å². The minimum absolute atomic E-state index is 0.0373. The van der Waals surface area contributed by atoms with E-state index < -0.39 is 5.95 Å². The van der Waals surface area contributed by atoms with Gasteiger partial charge in [0.25, 0.3) is 0 Å². The van der Waals surface area contributed by atoms with Gasteiger partial charge in [0, 0.05) is 51.3 Å². The van der Waals surface area contributed by atoms with Crippen LogP contribution in [-0.4, -0.2) is 47.1 Å². The van der Waals surface area contributed by atoms with Crippen molar-refractivity contribution in [3.8, 4) is 0 Å². The first-order valence-electron chi connectivity index (χ1n) is 12.2. The Balaban J connectivity index is 1.74. The first-order chi connectivity index (χ1) is 16.2. The zero-order valence-electron chi connectivity index (χ0n) is 20.8. The van der Waals surface area contributed by atoms with Crippen LogP contribution in [0.3, 0.4) is 0 Å². The van der Waals surface area contributed by atoms with E-state index in [4.69, 9.17) is 4.74 Å². The minimum atomic E-state index is -0.518. The monoisotopic (exact) mass is 467 g/mol. The lowest BCUT2D eigenvalue weighted by Gasteiger charge is -2.37. The molecule has 2 heterocycles. The van der Waals surface area contributed by atoms with E-state index in [0.29, 0.717) is 49.1 Å². The molecule has 2 aromatic rings. The van der Waals surface area contributed by atoms with E-state index in [0.717, 1.165) is 40.8 Å². The Labute approximate surface area is 200 Å². The zero-order chi connectivity index (χ0) is 24.6. The fourth-order valence-electron chi connectivity index (χ4n) is 5.49. The molecule has 182 valence electrons. The number of benzene rings is 1. The molecule has 0 atom stereocenters. The van der Waals surface area contributed by atoms with Crippen LogP contribution in [0.5, 0.6) is 0 Å². The van der Waals surface area contributed by atoms with Crippen LogP contribution in [0.15, 0.2) is 28.9 Å². The van der Waals surface area contributed by atoms with Gasteiger partial charge in [-0.25, -0.2) is 0 Å². The summed E-state index contributed by atoms with van der Waals surface area (Å²) < 4.78 is 22.1. The Hall–Kier alpha value is -2.80. The van der Waals surface area contributed by atoms with Crippen molar-refractivity contribution in [2.45, 2.75) is 65.8 Å². The molecule has 34 heavy (non-hydrogen) atoms. The highest BCUT2D eigenvalue weighted by molar-refractivity contribution is 6.07. The van der Waals surface area contributed by atoms with Crippen LogP contribution in [0.25, 0.3) is 10.9 Å². The number of carbonyl (C=O) groups is 2. The zero-order valence-corrected chi connectivity index (χ0v) is 20.8. The van der Waals surface area contributed by atoms with E-state index in [2.05, 4.69) is 16.9 Å². The molecule has 0 saturated carbocycles. The fraction of sp³-hybridized carbons (Fsp3) is 0.519. The number of aromatic nitrogens is 2. The number of ketones is 2. The first kappa shape index (κ1) is 24.3. The second kappa shape index (κ2) is 9.82. The SMILES string of the molecule is CCN(c1c(C)c(C(=O)CCC2=C(C)C=C(C)CC2=O)cc2c1c(F)nn2C)C1CCOCC1. The maximum Gasteiger partial charge on any atom is 0.242 e. The van der Waals surface area contributed by atoms with Gasteiger partial charge >= 0.3 is 0 Å². The molecule has 0 unspecified atom stereocenters. The number of nitrogens with zero attached hydrogens (tertiary/aromatic N) is 3. The van der Waals surface area contributed by atoms with Crippen molar-refractivity contribution in [3.63, 3.8) is 0 Å². The number of hydrogen-bond donors (Lipinski definition) is 0. The lowest BCUT2D eigenvalue weighted by molar-refractivity contribution is -0.115. The second-order valence-electron chi connectivity index (χ2n) is 9.51. The van der Waals surface area contributed by atoms with Crippen molar-refractivity contribution in [3.05, 3.63) is 45.9 Å². The van der Waals surface area contributed by atoms with Gasteiger partial charge in [-0.15, -0.1) is 5.10 Å². The van der Waals surface area contributed by atoms with Crippen LogP contribution in [0.2, 0.25) is 0 Å². The van der Waals surface area contributed by atoms with Gasteiger partial charge in [0.2, 0.25) is 5.95 Å². The Morgan fingerprint density at radius 1 is 1.26 bits per heavy atom. The van der Waals surface area contributed by atoms with E-state index >= 15 is 4.39 Å². The standard InChI is InChI=1S/C27H34FN3O3/c1-6-31(19-9-11-34-12-10-19)26-18(4)21(15-22-25(26)27(28)29-30(22)5)23(32)8-7-20-17(3)13-16(2)14-24(20)33/h13,15,19H,6-12,14H2,1-5H3. The van der Waals surface area contributed by atoms with Gasteiger partial charge in [-0.1, -0.05) is 11.6 Å². The van der Waals surface area contributed by atoms with Crippen LogP contribution in [-0.2, 0) is 16.6 Å². The fourth-order valence-corrected chi connectivity index (χ4v) is 5.49. The Kier molecular flexibility index (Phi) is 7.03. The summed E-state index contributed by atoms with van der Waals surface area (Å²) in [6.07, 6.45) is 4.82. The summed E-state index contributed by atoms with van der Waals surface area (Å²) in [6, 6.07) is 1.98. The Morgan fingerprint density at radius 2 is 1.97 bits per heavy atom. The molecule has 1 aromatic heterocycles. The quantitative estimate of drug-likeness (QED) is 0.522. The van der Waals surface area contributed by atoms with Crippen molar-refractivity contribution in [2.24, 2.45) is 7.05 Å². The number of anilines is 1. The van der Waals surface area contributed by atoms with Crippen LogP contribution >= 0.6 is 0 Å². The molecule has 1 aliphatic carbocycles. The summed E-state index contributed by atoms with van der Waals surface area (Å²) in [5, 5.41) is 4.49. The molecular formula is C27H34FN3O3. The number of aryl methyl sites for hydroxylation is 1. The summed E-state index contributed by atoms with van der Waals surface area (Å²) in [6.45, 7) is 9.89. The molecule has 1 aliphatic heterocycles. The number of rotatable bonds is 7. The van der Waals surface area contributed by atoms with Gasteiger partial charge in [-0.3, -0.25) is 14.3 Å². The Morgan fingerprint density at radius 3 is 2.62 bits per heavy atom. The van der Waals surface area contributed by atoms with Gasteiger partial charge in [0.05, 0.1) is 16.6 Å². The predicted molar refractivity (Wildman–Crippen MR) is 132 cm³/mol. The smallest absolute Gasteiger partial charge is 0.242 e. The Bertz CT molecular complexity index is 1200. The molecule has 0 bridgehead atoms. The van der Waals surface area contributed by atoms with E-state index in [1.807, 2.05) is 26.8 Å². The second-order valence-corrected chi connectivity index (χ2v) is 9.51. The van der Waals surface area contributed by atoms with Gasteiger partial charge in [0.15, 0.2) is 11.6 Å². The van der Waals surface area contributed by atoms with Gasteiger partial charge in [-0.2, -0.15) is 4.39 Å². The van der Waals surface area contributed by atoms with Crippen molar-refractivity contribution >= 4 is 28.2 Å². The molecule has 1 saturated heterocycles. The summed E-state index contributed by atoms with van der Waals surface area (Å²) in [7, 11) is 1.70. The number of halogens is 1. The third-order valence-electron chi connectivity index (χ3n) is 7.20. The molecule has 1 aromatic carbocycles. The summed E-state index contributed by atoms with van der Waals surface area (Å²) in [4.78, 5) is 28.2. The van der Waals surface area contributed by atoms with Crippen molar-refractivity contribution in [2.75, 3.05) is 24.7 Å². The van der Waals surface area contributed by atoms with Crippen LogP contribution in [0.4, 0.5) is 10.1 Å². The molecule has 0 spiro atoms. The van der Waals surface area contributed by atoms with Crippen LogP contribution in [0, 0.1) is 12.9 Å². The van der Waals surface area contributed by atoms with E-state index in [1.54, 1.807) is 13.1 Å². The highest BCUT2D eigenvalue weighted by Crippen LogP contribution is 2.38. The summed E-state index contributed by atoms with van der Waals surface area (Å²) >= 11 is 0. The topological polar surface area (TPSA) is 64.4 Å². The third-order valence-corrected chi connectivity index (χ3v) is 7.20. The van der Waals surface area contributed by atoms with Crippen molar-refractivity contribution in [1.29, 1.82) is 0 Å². The average molecular weight is 468 g/mol. The molecule has 7 heteroatoms. The van der Waals surface area contributed by atoms with Gasteiger partial charge < -0.3 is 9.64 Å². The van der Waals surface area contributed by atoms with Gasteiger partial charge in [0.1, 0.15) is 0 Å². The summed E-state index contributed by atoms with van der Waals surface area (Å²) in [5.41, 5.74) is 5.44. The molecule has 1 fully saturated rings. The molecule has 4 rings (SSSR count). The first-order valence-corrected chi connectivity index (χ1v) is 12.2. The number of fused-ring (bicyclic) bond motifs is 1. The minimum Gasteiger partial charge on any atom is -0.381 e. The van der Waals surface area contributed by atoms with Crippen molar-refractivity contribution < 1.29 is 18.7 Å². The molecule has 6 nitrogen and oxygen atoms in total. The predicted octanol–water partition coefficient (Wildman–Crippen LogP) is 5.22. The molecule has 2 aliphatic rings. The number of hydrogen-bond acceptors (Lipinski definition) is 5. The number of carbonyl (C=O) groups excluding carboxylic acids is 2. The molecule has 0 amide bonds.